The first-order valence-corrected chi connectivity index (χ1v) is 6.90. The zero-order chi connectivity index (χ0) is 14.6. The van der Waals surface area contributed by atoms with Crippen molar-refractivity contribution in [1.82, 2.24) is 15.3 Å². The summed E-state index contributed by atoms with van der Waals surface area (Å²) in [5, 5.41) is 3.72. The fraction of sp³-hybridized carbons (Fsp3) is 0.333. The van der Waals surface area contributed by atoms with Gasteiger partial charge in [-0.3, -0.25) is 4.79 Å². The van der Waals surface area contributed by atoms with Crippen molar-refractivity contribution in [3.05, 3.63) is 53.1 Å². The summed E-state index contributed by atoms with van der Waals surface area (Å²) in [6, 6.07) is 7.51. The molecule has 0 fully saturated rings. The van der Waals surface area contributed by atoms with Crippen LogP contribution in [0, 0.1) is 0 Å². The lowest BCUT2D eigenvalue weighted by atomic mass is 9.94. The van der Waals surface area contributed by atoms with Crippen LogP contribution in [0.3, 0.4) is 0 Å². The molecular weight excluding hydrogens is 274 g/mol. The number of hydrogen-bond donors (Lipinski definition) is 2. The predicted molar refractivity (Wildman–Crippen MR) is 79.5 cm³/mol. The first-order valence-electron chi connectivity index (χ1n) is 6.53. The number of aromatic amines is 1. The lowest BCUT2D eigenvalue weighted by Crippen LogP contribution is -2.41. The van der Waals surface area contributed by atoms with Crippen molar-refractivity contribution in [2.45, 2.75) is 32.2 Å². The molecule has 0 saturated heterocycles. The van der Waals surface area contributed by atoms with Crippen molar-refractivity contribution in [3.8, 4) is 0 Å². The maximum Gasteiger partial charge on any atom is 0.221 e. The molecule has 5 heteroatoms. The fourth-order valence-corrected chi connectivity index (χ4v) is 2.14. The monoisotopic (exact) mass is 291 g/mol. The van der Waals surface area contributed by atoms with Gasteiger partial charge in [0.05, 0.1) is 5.54 Å². The van der Waals surface area contributed by atoms with E-state index in [-0.39, 0.29) is 5.91 Å². The second-order valence-corrected chi connectivity index (χ2v) is 5.65. The van der Waals surface area contributed by atoms with Crippen LogP contribution in [0.1, 0.15) is 31.7 Å². The Labute approximate surface area is 123 Å². The van der Waals surface area contributed by atoms with Crippen LogP contribution < -0.4 is 5.32 Å². The minimum absolute atomic E-state index is 0.00125. The molecule has 0 aliphatic rings. The quantitative estimate of drug-likeness (QED) is 0.889. The number of nitrogens with one attached hydrogen (secondary N) is 2. The van der Waals surface area contributed by atoms with E-state index in [2.05, 4.69) is 15.3 Å². The molecule has 2 aromatic rings. The smallest absolute Gasteiger partial charge is 0.221 e. The average Bonchev–Trinajstić information content (AvgIpc) is 2.89. The molecule has 0 atom stereocenters. The molecule has 0 aliphatic heterocycles. The second kappa shape index (κ2) is 6.09. The maximum atomic E-state index is 12.0. The van der Waals surface area contributed by atoms with Gasteiger partial charge in [0, 0.05) is 30.3 Å². The van der Waals surface area contributed by atoms with Crippen molar-refractivity contribution in [2.24, 2.45) is 0 Å². The molecule has 0 aliphatic carbocycles. The highest BCUT2D eigenvalue weighted by molar-refractivity contribution is 6.30. The van der Waals surface area contributed by atoms with Crippen LogP contribution in [0.5, 0.6) is 0 Å². The number of benzene rings is 1. The number of hydrogen-bond acceptors (Lipinski definition) is 2. The Kier molecular flexibility index (Phi) is 4.45. The van der Waals surface area contributed by atoms with Gasteiger partial charge in [-0.05, 0) is 31.5 Å². The maximum absolute atomic E-state index is 12.0. The number of amides is 1. The van der Waals surface area contributed by atoms with Crippen molar-refractivity contribution >= 4 is 17.5 Å². The summed E-state index contributed by atoms with van der Waals surface area (Å²) in [6.07, 6.45) is 4.45. The van der Waals surface area contributed by atoms with Gasteiger partial charge in [0.25, 0.3) is 0 Å². The van der Waals surface area contributed by atoms with E-state index in [0.29, 0.717) is 17.9 Å². The molecule has 1 amide bonds. The number of aromatic nitrogens is 2. The third kappa shape index (κ3) is 3.84. The Hall–Kier alpha value is -1.81. The molecular formula is C15H18ClN3O. The van der Waals surface area contributed by atoms with Crippen LogP contribution in [0.25, 0.3) is 0 Å². The number of aryl methyl sites for hydroxylation is 1. The number of halogens is 1. The number of rotatable bonds is 5. The minimum Gasteiger partial charge on any atom is -0.349 e. The minimum atomic E-state index is -0.426. The van der Waals surface area contributed by atoms with Gasteiger partial charge in [0.2, 0.25) is 5.91 Å². The van der Waals surface area contributed by atoms with E-state index in [4.69, 9.17) is 11.6 Å². The third-order valence-electron chi connectivity index (χ3n) is 3.16. The van der Waals surface area contributed by atoms with Gasteiger partial charge < -0.3 is 10.3 Å². The molecule has 1 aromatic carbocycles. The van der Waals surface area contributed by atoms with Gasteiger partial charge >= 0.3 is 0 Å². The number of H-pyrrole nitrogens is 1. The van der Waals surface area contributed by atoms with Gasteiger partial charge in [-0.1, -0.05) is 23.7 Å². The van der Waals surface area contributed by atoms with Crippen molar-refractivity contribution in [2.75, 3.05) is 0 Å². The van der Waals surface area contributed by atoms with Gasteiger partial charge in [-0.2, -0.15) is 0 Å². The van der Waals surface area contributed by atoms with Crippen LogP contribution in [-0.4, -0.2) is 15.9 Å². The van der Waals surface area contributed by atoms with Gasteiger partial charge in [0.1, 0.15) is 5.82 Å². The van der Waals surface area contributed by atoms with Gasteiger partial charge in [0.15, 0.2) is 0 Å². The zero-order valence-corrected chi connectivity index (χ0v) is 12.4. The van der Waals surface area contributed by atoms with Gasteiger partial charge in [-0.25, -0.2) is 4.98 Å². The summed E-state index contributed by atoms with van der Waals surface area (Å²) in [4.78, 5) is 19.1. The zero-order valence-electron chi connectivity index (χ0n) is 11.6. The topological polar surface area (TPSA) is 57.8 Å². The number of carbonyl (C=O) groups excluding carboxylic acids is 1. The molecule has 1 aromatic heterocycles. The average molecular weight is 292 g/mol. The van der Waals surface area contributed by atoms with Crippen LogP contribution in [-0.2, 0) is 16.8 Å². The molecule has 2 rings (SSSR count). The van der Waals surface area contributed by atoms with E-state index >= 15 is 0 Å². The van der Waals surface area contributed by atoms with E-state index in [1.165, 1.54) is 0 Å². The summed E-state index contributed by atoms with van der Waals surface area (Å²) >= 11 is 5.88. The molecule has 0 bridgehead atoms. The lowest BCUT2D eigenvalue weighted by molar-refractivity contribution is -0.122. The van der Waals surface area contributed by atoms with Crippen LogP contribution >= 0.6 is 11.6 Å². The first-order chi connectivity index (χ1) is 9.47. The number of carbonyl (C=O) groups is 1. The molecule has 0 unspecified atom stereocenters. The normalized spacial score (nSPS) is 11.3. The highest BCUT2D eigenvalue weighted by Gasteiger charge is 2.22. The van der Waals surface area contributed by atoms with Crippen molar-refractivity contribution < 1.29 is 4.79 Å². The van der Waals surface area contributed by atoms with Gasteiger partial charge in [-0.15, -0.1) is 0 Å². The van der Waals surface area contributed by atoms with E-state index in [9.17, 15) is 4.79 Å². The van der Waals surface area contributed by atoms with Crippen molar-refractivity contribution in [1.29, 1.82) is 0 Å². The second-order valence-electron chi connectivity index (χ2n) is 5.22. The lowest BCUT2D eigenvalue weighted by Gasteiger charge is -2.27. The number of imidazole rings is 1. The standard InChI is InChI=1S/C15H18ClN3O/c1-15(2,11-3-5-12(16)6-4-11)19-14(20)8-7-13-17-9-10-18-13/h3-6,9-10H,7-8H2,1-2H3,(H,17,18)(H,19,20). The van der Waals surface area contributed by atoms with Crippen LogP contribution in [0.15, 0.2) is 36.7 Å². The summed E-state index contributed by atoms with van der Waals surface area (Å²) in [5.74, 6) is 0.825. The van der Waals surface area contributed by atoms with Crippen LogP contribution in [0.2, 0.25) is 5.02 Å². The Bertz CT molecular complexity index is 561. The summed E-state index contributed by atoms with van der Waals surface area (Å²) in [6.45, 7) is 3.95. The van der Waals surface area contributed by atoms with E-state index in [1.54, 1.807) is 12.4 Å². The van der Waals surface area contributed by atoms with Crippen LogP contribution in [0.4, 0.5) is 0 Å². The Balaban J connectivity index is 1.93. The molecule has 0 saturated carbocycles. The Morgan fingerprint density at radius 1 is 1.35 bits per heavy atom. The molecule has 0 radical (unpaired) electrons. The first kappa shape index (κ1) is 14.6. The molecule has 2 N–H and O–H groups in total. The fourth-order valence-electron chi connectivity index (χ4n) is 2.02. The number of nitrogens with zero attached hydrogens (tertiary/aromatic N) is 1. The van der Waals surface area contributed by atoms with E-state index in [1.807, 2.05) is 38.1 Å². The molecule has 0 spiro atoms. The Morgan fingerprint density at radius 2 is 2.05 bits per heavy atom. The predicted octanol–water partition coefficient (Wildman–Crippen LogP) is 3.05. The summed E-state index contributed by atoms with van der Waals surface area (Å²) in [7, 11) is 0. The highest BCUT2D eigenvalue weighted by Crippen LogP contribution is 2.22. The largest absolute Gasteiger partial charge is 0.349 e. The van der Waals surface area contributed by atoms with Crippen molar-refractivity contribution in [3.63, 3.8) is 0 Å². The van der Waals surface area contributed by atoms with E-state index < -0.39 is 5.54 Å². The summed E-state index contributed by atoms with van der Waals surface area (Å²) in [5.41, 5.74) is 0.596. The molecule has 106 valence electrons. The Morgan fingerprint density at radius 3 is 2.65 bits per heavy atom. The molecule has 1 heterocycles. The molecule has 20 heavy (non-hydrogen) atoms. The molecule has 4 nitrogen and oxygen atoms in total. The SMILES string of the molecule is CC(C)(NC(=O)CCc1ncc[nH]1)c1ccc(Cl)cc1. The highest BCUT2D eigenvalue weighted by atomic mass is 35.5. The van der Waals surface area contributed by atoms with E-state index in [0.717, 1.165) is 11.4 Å². The summed E-state index contributed by atoms with van der Waals surface area (Å²) < 4.78 is 0. The third-order valence-corrected chi connectivity index (χ3v) is 3.41.